The Morgan fingerprint density at radius 2 is 2.43 bits per heavy atom. The van der Waals surface area contributed by atoms with Crippen LogP contribution in [0.4, 0.5) is 0 Å². The summed E-state index contributed by atoms with van der Waals surface area (Å²) in [6.45, 7) is -0.137. The number of hydrogen-bond acceptors (Lipinski definition) is 4. The van der Waals surface area contributed by atoms with Crippen molar-refractivity contribution in [3.63, 3.8) is 0 Å². The molecule has 0 amide bonds. The quantitative estimate of drug-likeness (QED) is 0.703. The summed E-state index contributed by atoms with van der Waals surface area (Å²) in [5.41, 5.74) is 0.0913. The summed E-state index contributed by atoms with van der Waals surface area (Å²) < 4.78 is 5.79. The van der Waals surface area contributed by atoms with Crippen LogP contribution in [-0.4, -0.2) is 27.7 Å². The number of hydrogen-bond donors (Lipinski definition) is 1. The van der Waals surface area contributed by atoms with Crippen LogP contribution in [0.2, 0.25) is 0 Å². The number of aromatic nitrogens is 2. The number of nitrogens with zero attached hydrogens (tertiary/aromatic N) is 2. The van der Waals surface area contributed by atoms with Crippen molar-refractivity contribution < 1.29 is 14.6 Å². The third kappa shape index (κ3) is 2.67. The molecule has 0 aliphatic carbocycles. The number of carboxylic acids is 1. The zero-order valence-electron chi connectivity index (χ0n) is 7.64. The predicted octanol–water partition coefficient (Wildman–Crippen LogP) is -0.526. The summed E-state index contributed by atoms with van der Waals surface area (Å²) in [6, 6.07) is 1.26. The molecule has 14 heavy (non-hydrogen) atoms. The molecule has 0 aliphatic rings. The van der Waals surface area contributed by atoms with E-state index in [4.69, 9.17) is 9.84 Å². The van der Waals surface area contributed by atoms with Gasteiger partial charge in [0.25, 0.3) is 5.56 Å². The van der Waals surface area contributed by atoms with Crippen LogP contribution >= 0.6 is 0 Å². The van der Waals surface area contributed by atoms with Gasteiger partial charge in [0.05, 0.1) is 18.6 Å². The van der Waals surface area contributed by atoms with Gasteiger partial charge in [0.1, 0.15) is 6.54 Å². The van der Waals surface area contributed by atoms with Gasteiger partial charge in [-0.25, -0.2) is 4.98 Å². The maximum atomic E-state index is 11.3. The molecule has 76 valence electrons. The lowest BCUT2D eigenvalue weighted by atomic mass is 10.4. The highest BCUT2D eigenvalue weighted by molar-refractivity contribution is 5.66. The molecule has 0 aliphatic heterocycles. The predicted molar refractivity (Wildman–Crippen MR) is 46.8 cm³/mol. The van der Waals surface area contributed by atoms with Gasteiger partial charge >= 0.3 is 5.97 Å². The molecule has 1 aromatic rings. The number of ether oxygens (including phenoxy) is 1. The summed E-state index contributed by atoms with van der Waals surface area (Å²) in [5, 5.41) is 8.45. The van der Waals surface area contributed by atoms with Crippen molar-refractivity contribution in [1.29, 1.82) is 0 Å². The van der Waals surface area contributed by atoms with Gasteiger partial charge in [-0.05, 0) is 0 Å². The van der Waals surface area contributed by atoms with Crippen LogP contribution < -0.4 is 5.56 Å². The number of carboxylic acid groups (broad SMARTS) is 1. The first-order chi connectivity index (χ1) is 6.63. The molecule has 0 atom stereocenters. The average Bonchev–Trinajstić information content (AvgIpc) is 2.10. The molecule has 0 aromatic carbocycles. The summed E-state index contributed by atoms with van der Waals surface area (Å²) in [5.74, 6) is -1.08. The summed E-state index contributed by atoms with van der Waals surface area (Å²) in [7, 11) is 1.49. The van der Waals surface area contributed by atoms with Crippen LogP contribution in [0.15, 0.2) is 17.2 Å². The maximum Gasteiger partial charge on any atom is 0.323 e. The lowest BCUT2D eigenvalue weighted by molar-refractivity contribution is -0.137. The van der Waals surface area contributed by atoms with Gasteiger partial charge in [-0.1, -0.05) is 0 Å². The van der Waals surface area contributed by atoms with Gasteiger partial charge < -0.3 is 9.84 Å². The Bertz CT molecular complexity index is 385. The lowest BCUT2D eigenvalue weighted by Gasteiger charge is -2.02. The molecule has 6 nitrogen and oxygen atoms in total. The molecule has 0 saturated heterocycles. The minimum absolute atomic E-state index is 0.239. The van der Waals surface area contributed by atoms with Crippen molar-refractivity contribution in [1.82, 2.24) is 9.55 Å². The highest BCUT2D eigenvalue weighted by atomic mass is 16.5. The van der Waals surface area contributed by atoms with E-state index in [0.717, 1.165) is 4.57 Å². The first kappa shape index (κ1) is 10.4. The van der Waals surface area contributed by atoms with Crippen molar-refractivity contribution in [2.24, 2.45) is 0 Å². The molecule has 0 unspecified atom stereocenters. The van der Waals surface area contributed by atoms with Gasteiger partial charge in [-0.3, -0.25) is 14.2 Å². The van der Waals surface area contributed by atoms with Gasteiger partial charge in [-0.15, -0.1) is 0 Å². The zero-order chi connectivity index (χ0) is 10.6. The van der Waals surface area contributed by atoms with E-state index in [0.29, 0.717) is 5.69 Å². The highest BCUT2D eigenvalue weighted by Crippen LogP contribution is 1.91. The van der Waals surface area contributed by atoms with Crippen molar-refractivity contribution in [2.75, 3.05) is 7.11 Å². The Morgan fingerprint density at radius 3 is 2.93 bits per heavy atom. The molecular weight excluding hydrogens is 188 g/mol. The zero-order valence-corrected chi connectivity index (χ0v) is 7.64. The Labute approximate surface area is 79.8 Å². The highest BCUT2D eigenvalue weighted by Gasteiger charge is 2.03. The SMILES string of the molecule is COCc1cc(=O)n(CC(=O)O)cn1. The fourth-order valence-electron chi connectivity index (χ4n) is 0.955. The van der Waals surface area contributed by atoms with E-state index in [9.17, 15) is 9.59 Å². The van der Waals surface area contributed by atoms with Gasteiger partial charge in [0.2, 0.25) is 0 Å². The molecule has 1 aromatic heterocycles. The number of carbonyl (C=O) groups is 1. The van der Waals surface area contributed by atoms with Crippen LogP contribution in [0, 0.1) is 0 Å². The second-order valence-corrected chi connectivity index (χ2v) is 2.67. The van der Waals surface area contributed by atoms with Crippen molar-refractivity contribution >= 4 is 5.97 Å². The van der Waals surface area contributed by atoms with Gasteiger partial charge in [0, 0.05) is 13.2 Å². The minimum atomic E-state index is -1.08. The van der Waals surface area contributed by atoms with Crippen molar-refractivity contribution in [3.05, 3.63) is 28.4 Å². The van der Waals surface area contributed by atoms with E-state index < -0.39 is 11.5 Å². The van der Waals surface area contributed by atoms with Crippen LogP contribution in [0.3, 0.4) is 0 Å². The molecule has 0 saturated carbocycles. The Morgan fingerprint density at radius 1 is 1.71 bits per heavy atom. The number of rotatable bonds is 4. The molecule has 1 rings (SSSR count). The first-order valence-electron chi connectivity index (χ1n) is 3.89. The molecule has 0 radical (unpaired) electrons. The topological polar surface area (TPSA) is 81.4 Å². The Kier molecular flexibility index (Phi) is 3.35. The molecule has 0 bridgehead atoms. The molecular formula is C8H10N2O4. The van der Waals surface area contributed by atoms with E-state index in [1.165, 1.54) is 19.5 Å². The second-order valence-electron chi connectivity index (χ2n) is 2.67. The number of aliphatic carboxylic acids is 1. The normalized spacial score (nSPS) is 10.1. The van der Waals surface area contributed by atoms with Gasteiger partial charge in [0.15, 0.2) is 0 Å². The largest absolute Gasteiger partial charge is 0.480 e. The fourth-order valence-corrected chi connectivity index (χ4v) is 0.955. The summed E-state index contributed by atoms with van der Waals surface area (Å²) in [4.78, 5) is 25.4. The summed E-state index contributed by atoms with van der Waals surface area (Å²) >= 11 is 0. The van der Waals surface area contributed by atoms with E-state index in [1.807, 2.05) is 0 Å². The number of methoxy groups -OCH3 is 1. The van der Waals surface area contributed by atoms with Gasteiger partial charge in [-0.2, -0.15) is 0 Å². The standard InChI is InChI=1S/C8H10N2O4/c1-14-4-6-2-7(11)10(5-9-6)3-8(12)13/h2,5H,3-4H2,1H3,(H,12,13). The Balaban J connectivity index is 2.90. The summed E-state index contributed by atoms with van der Waals surface area (Å²) in [6.07, 6.45) is 1.20. The Hall–Kier alpha value is -1.69. The van der Waals surface area contributed by atoms with Crippen LogP contribution in [-0.2, 0) is 22.7 Å². The van der Waals surface area contributed by atoms with E-state index in [-0.39, 0.29) is 13.2 Å². The average molecular weight is 198 g/mol. The van der Waals surface area contributed by atoms with E-state index >= 15 is 0 Å². The van der Waals surface area contributed by atoms with Crippen molar-refractivity contribution in [3.8, 4) is 0 Å². The molecule has 0 fully saturated rings. The fraction of sp³-hybridized carbons (Fsp3) is 0.375. The maximum absolute atomic E-state index is 11.3. The van der Waals surface area contributed by atoms with E-state index in [2.05, 4.69) is 4.98 Å². The van der Waals surface area contributed by atoms with Crippen LogP contribution in [0.5, 0.6) is 0 Å². The third-order valence-electron chi connectivity index (χ3n) is 1.53. The molecule has 0 spiro atoms. The van der Waals surface area contributed by atoms with E-state index in [1.54, 1.807) is 0 Å². The molecule has 1 heterocycles. The molecule has 1 N–H and O–H groups in total. The smallest absolute Gasteiger partial charge is 0.323 e. The van der Waals surface area contributed by atoms with Crippen LogP contribution in [0.25, 0.3) is 0 Å². The lowest BCUT2D eigenvalue weighted by Crippen LogP contribution is -2.24. The second kappa shape index (κ2) is 4.52. The monoisotopic (exact) mass is 198 g/mol. The van der Waals surface area contributed by atoms with Crippen molar-refractivity contribution in [2.45, 2.75) is 13.2 Å². The molecule has 6 heteroatoms. The third-order valence-corrected chi connectivity index (χ3v) is 1.53. The van der Waals surface area contributed by atoms with Crippen LogP contribution in [0.1, 0.15) is 5.69 Å². The minimum Gasteiger partial charge on any atom is -0.480 e. The first-order valence-corrected chi connectivity index (χ1v) is 3.89.